The molecule has 19 heavy (non-hydrogen) atoms. The lowest BCUT2D eigenvalue weighted by Gasteiger charge is -2.30. The van der Waals surface area contributed by atoms with Gasteiger partial charge in [-0.25, -0.2) is 0 Å². The van der Waals surface area contributed by atoms with E-state index in [0.29, 0.717) is 23.7 Å². The van der Waals surface area contributed by atoms with Gasteiger partial charge in [0.2, 0.25) is 0 Å². The zero-order chi connectivity index (χ0) is 13.8. The predicted octanol–water partition coefficient (Wildman–Crippen LogP) is 2.51. The Hall–Kier alpha value is -1.57. The molecule has 1 aromatic rings. The van der Waals surface area contributed by atoms with Crippen LogP contribution in [0, 0.1) is 17.2 Å². The topological polar surface area (TPSA) is 64.3 Å². The second-order valence-electron chi connectivity index (χ2n) is 4.83. The Kier molecular flexibility index (Phi) is 4.41. The molecule has 1 fully saturated rings. The van der Waals surface area contributed by atoms with Crippen molar-refractivity contribution in [1.29, 1.82) is 5.26 Å². The van der Waals surface area contributed by atoms with Crippen LogP contribution in [-0.2, 0) is 11.3 Å². The summed E-state index contributed by atoms with van der Waals surface area (Å²) >= 11 is 6.13. The van der Waals surface area contributed by atoms with E-state index in [1.165, 1.54) is 0 Å². The van der Waals surface area contributed by atoms with Crippen LogP contribution in [0.25, 0.3) is 0 Å². The number of hydrogen-bond donors (Lipinski definition) is 1. The third kappa shape index (κ3) is 3.46. The molecule has 1 atom stereocenters. The molecular weight excluding hydrogens is 264 g/mol. The average Bonchev–Trinajstić information content (AvgIpc) is 2.41. The molecule has 2 rings (SSSR count). The van der Waals surface area contributed by atoms with Crippen LogP contribution in [0.3, 0.4) is 0 Å². The molecule has 0 amide bonds. The SMILES string of the molecule is N#Cc1ccc(CN2CCCC(C(=O)O)C2)c(Cl)c1. The van der Waals surface area contributed by atoms with Gasteiger partial charge >= 0.3 is 5.97 Å². The number of hydrogen-bond acceptors (Lipinski definition) is 3. The summed E-state index contributed by atoms with van der Waals surface area (Å²) in [7, 11) is 0. The number of carbonyl (C=O) groups is 1. The minimum atomic E-state index is -0.726. The van der Waals surface area contributed by atoms with E-state index >= 15 is 0 Å². The Morgan fingerprint density at radius 3 is 3.00 bits per heavy atom. The van der Waals surface area contributed by atoms with Crippen LogP contribution in [-0.4, -0.2) is 29.1 Å². The molecule has 5 heteroatoms. The van der Waals surface area contributed by atoms with Crippen LogP contribution in [0.5, 0.6) is 0 Å². The van der Waals surface area contributed by atoms with Gasteiger partial charge in [-0.05, 0) is 37.1 Å². The van der Waals surface area contributed by atoms with E-state index in [2.05, 4.69) is 4.90 Å². The Balaban J connectivity index is 2.05. The van der Waals surface area contributed by atoms with Crippen molar-refractivity contribution < 1.29 is 9.90 Å². The number of nitriles is 1. The molecule has 0 bridgehead atoms. The van der Waals surface area contributed by atoms with E-state index < -0.39 is 5.97 Å². The highest BCUT2D eigenvalue weighted by molar-refractivity contribution is 6.31. The third-order valence-electron chi connectivity index (χ3n) is 3.43. The van der Waals surface area contributed by atoms with Crippen molar-refractivity contribution >= 4 is 17.6 Å². The number of carboxylic acids is 1. The molecule has 1 heterocycles. The van der Waals surface area contributed by atoms with E-state index in [4.69, 9.17) is 22.0 Å². The van der Waals surface area contributed by atoms with Gasteiger partial charge in [-0.1, -0.05) is 17.7 Å². The summed E-state index contributed by atoms with van der Waals surface area (Å²) < 4.78 is 0. The first-order valence-electron chi connectivity index (χ1n) is 6.24. The predicted molar refractivity (Wildman–Crippen MR) is 71.8 cm³/mol. The summed E-state index contributed by atoms with van der Waals surface area (Å²) in [6, 6.07) is 7.27. The van der Waals surface area contributed by atoms with Crippen LogP contribution < -0.4 is 0 Å². The van der Waals surface area contributed by atoms with Crippen molar-refractivity contribution in [3.8, 4) is 6.07 Å². The Morgan fingerprint density at radius 2 is 2.37 bits per heavy atom. The lowest BCUT2D eigenvalue weighted by molar-refractivity contribution is -0.143. The molecular formula is C14H15ClN2O2. The molecule has 0 aliphatic carbocycles. The molecule has 0 saturated carbocycles. The number of aliphatic carboxylic acids is 1. The van der Waals surface area contributed by atoms with Crippen molar-refractivity contribution in [2.75, 3.05) is 13.1 Å². The number of halogens is 1. The van der Waals surface area contributed by atoms with E-state index in [9.17, 15) is 4.79 Å². The lowest BCUT2D eigenvalue weighted by atomic mass is 9.98. The van der Waals surface area contributed by atoms with E-state index in [-0.39, 0.29) is 5.92 Å². The number of likely N-dealkylation sites (tertiary alicyclic amines) is 1. The quantitative estimate of drug-likeness (QED) is 0.923. The summed E-state index contributed by atoms with van der Waals surface area (Å²) in [6.45, 7) is 2.08. The number of carboxylic acid groups (broad SMARTS) is 1. The van der Waals surface area contributed by atoms with Gasteiger partial charge in [0.1, 0.15) is 0 Å². The molecule has 0 aromatic heterocycles. The molecule has 0 spiro atoms. The lowest BCUT2D eigenvalue weighted by Crippen LogP contribution is -2.38. The molecule has 100 valence electrons. The smallest absolute Gasteiger partial charge is 0.307 e. The van der Waals surface area contributed by atoms with Crippen LogP contribution in [0.2, 0.25) is 5.02 Å². The van der Waals surface area contributed by atoms with E-state index in [1.54, 1.807) is 12.1 Å². The first-order valence-corrected chi connectivity index (χ1v) is 6.61. The van der Waals surface area contributed by atoms with Gasteiger partial charge in [0.15, 0.2) is 0 Å². The summed E-state index contributed by atoms with van der Waals surface area (Å²) in [5.41, 5.74) is 1.47. The van der Waals surface area contributed by atoms with Crippen molar-refractivity contribution in [2.24, 2.45) is 5.92 Å². The van der Waals surface area contributed by atoms with Gasteiger partial charge in [-0.3, -0.25) is 9.69 Å². The number of nitrogens with zero attached hydrogens (tertiary/aromatic N) is 2. The van der Waals surface area contributed by atoms with E-state index in [0.717, 1.165) is 24.9 Å². The van der Waals surface area contributed by atoms with Crippen LogP contribution in [0.1, 0.15) is 24.0 Å². The largest absolute Gasteiger partial charge is 0.481 e. The van der Waals surface area contributed by atoms with Gasteiger partial charge < -0.3 is 5.11 Å². The highest BCUT2D eigenvalue weighted by atomic mass is 35.5. The monoisotopic (exact) mass is 278 g/mol. The molecule has 1 aliphatic rings. The van der Waals surface area contributed by atoms with Gasteiger partial charge in [0, 0.05) is 18.1 Å². The second kappa shape index (κ2) is 6.05. The van der Waals surface area contributed by atoms with Crippen molar-refractivity contribution in [2.45, 2.75) is 19.4 Å². The maximum atomic E-state index is 11.0. The highest BCUT2D eigenvalue weighted by Gasteiger charge is 2.25. The molecule has 1 aliphatic heterocycles. The zero-order valence-electron chi connectivity index (χ0n) is 10.5. The normalized spacial score (nSPS) is 19.9. The summed E-state index contributed by atoms with van der Waals surface area (Å²) in [5.74, 6) is -1.01. The minimum Gasteiger partial charge on any atom is -0.481 e. The molecule has 1 aromatic carbocycles. The minimum absolute atomic E-state index is 0.286. The molecule has 1 unspecified atom stereocenters. The second-order valence-corrected chi connectivity index (χ2v) is 5.24. The van der Waals surface area contributed by atoms with Crippen molar-refractivity contribution in [3.63, 3.8) is 0 Å². The fourth-order valence-corrected chi connectivity index (χ4v) is 2.63. The van der Waals surface area contributed by atoms with Gasteiger partial charge in [0.25, 0.3) is 0 Å². The Labute approximate surface area is 117 Å². The molecule has 1 saturated heterocycles. The van der Waals surface area contributed by atoms with Crippen LogP contribution in [0.15, 0.2) is 18.2 Å². The first-order chi connectivity index (χ1) is 9.10. The Bertz CT molecular complexity index is 525. The molecule has 1 N–H and O–H groups in total. The highest BCUT2D eigenvalue weighted by Crippen LogP contribution is 2.23. The first kappa shape index (κ1) is 13.9. The van der Waals surface area contributed by atoms with Crippen LogP contribution >= 0.6 is 11.6 Å². The standard InChI is InChI=1S/C14H15ClN2O2/c15-13-6-10(7-16)3-4-11(13)8-17-5-1-2-12(9-17)14(18)19/h3-4,6,12H,1-2,5,8-9H2,(H,18,19). The zero-order valence-corrected chi connectivity index (χ0v) is 11.2. The fourth-order valence-electron chi connectivity index (χ4n) is 2.39. The average molecular weight is 279 g/mol. The number of piperidine rings is 1. The number of rotatable bonds is 3. The summed E-state index contributed by atoms with van der Waals surface area (Å²) in [4.78, 5) is 13.1. The van der Waals surface area contributed by atoms with Crippen molar-refractivity contribution in [1.82, 2.24) is 4.90 Å². The summed E-state index contributed by atoms with van der Waals surface area (Å²) in [5, 5.41) is 18.4. The molecule has 4 nitrogen and oxygen atoms in total. The number of benzene rings is 1. The van der Waals surface area contributed by atoms with Crippen LogP contribution in [0.4, 0.5) is 0 Å². The van der Waals surface area contributed by atoms with Gasteiger partial charge in [0.05, 0.1) is 17.6 Å². The maximum Gasteiger partial charge on any atom is 0.307 e. The summed E-state index contributed by atoms with van der Waals surface area (Å²) in [6.07, 6.45) is 1.64. The van der Waals surface area contributed by atoms with Gasteiger partial charge in [-0.15, -0.1) is 0 Å². The Morgan fingerprint density at radius 1 is 1.58 bits per heavy atom. The molecule has 0 radical (unpaired) electrons. The third-order valence-corrected chi connectivity index (χ3v) is 3.78. The fraction of sp³-hybridized carbons (Fsp3) is 0.429. The van der Waals surface area contributed by atoms with Gasteiger partial charge in [-0.2, -0.15) is 5.26 Å². The van der Waals surface area contributed by atoms with E-state index in [1.807, 2.05) is 12.1 Å². The maximum absolute atomic E-state index is 11.0. The van der Waals surface area contributed by atoms with Crippen molar-refractivity contribution in [3.05, 3.63) is 34.3 Å².